The standard InChI is InChI=1S/C33H33.C8H8.C5H5.2ClH.Hf/c1-32(2,3)30-20-26-24(18-28(30)22-13-9-7-10-14-22)17-25-19-29(23-15-11-8-12-16-23)31(21-27(25)26)33(4,5)6;1-2-8-6-4-3-5-7-8;1-2-4-5-3-1;;;/h7-16,18,20-21H,17H2,1-6H3;3-7H,1H3;1-5H;2*1H;/q-1;;-1;;;+2/p-2. The molecule has 0 spiro atoms. The second kappa shape index (κ2) is 17.6. The Morgan fingerprint density at radius 1 is 0.592 bits per heavy atom. The Labute approximate surface area is 322 Å². The van der Waals surface area contributed by atoms with Gasteiger partial charge in [-0.05, 0) is 39.5 Å². The number of benzene rings is 5. The van der Waals surface area contributed by atoms with Gasteiger partial charge in [-0.25, -0.2) is 12.1 Å². The van der Waals surface area contributed by atoms with Crippen molar-refractivity contribution in [2.24, 2.45) is 0 Å². The quantitative estimate of drug-likeness (QED) is 0.148. The van der Waals surface area contributed by atoms with Crippen LogP contribution in [0.15, 0.2) is 140 Å². The van der Waals surface area contributed by atoms with Crippen molar-refractivity contribution in [1.82, 2.24) is 0 Å². The van der Waals surface area contributed by atoms with Crippen LogP contribution in [0.2, 0.25) is 0 Å². The molecule has 7 rings (SSSR count). The van der Waals surface area contributed by atoms with Crippen molar-refractivity contribution in [3.63, 3.8) is 0 Å². The van der Waals surface area contributed by atoms with Crippen LogP contribution >= 0.6 is 0 Å². The van der Waals surface area contributed by atoms with E-state index in [9.17, 15) is 0 Å². The Bertz CT molecular complexity index is 1790. The second-order valence-electron chi connectivity index (χ2n) is 14.4. The van der Waals surface area contributed by atoms with Gasteiger partial charge in [0.1, 0.15) is 0 Å². The van der Waals surface area contributed by atoms with E-state index in [1.807, 2.05) is 36.4 Å². The summed E-state index contributed by atoms with van der Waals surface area (Å²) >= 11 is 1.17. The van der Waals surface area contributed by atoms with E-state index in [0.29, 0.717) is 0 Å². The van der Waals surface area contributed by atoms with Gasteiger partial charge >= 0.3 is 70.0 Å². The summed E-state index contributed by atoms with van der Waals surface area (Å²) in [4.78, 5) is 0. The van der Waals surface area contributed by atoms with Gasteiger partial charge in [0.2, 0.25) is 0 Å². The Hall–Kier alpha value is -3.23. The summed E-state index contributed by atoms with van der Waals surface area (Å²) in [7, 11) is 0. The molecule has 0 nitrogen and oxygen atoms in total. The molecule has 1 aliphatic carbocycles. The first kappa shape index (κ1) is 40.2. The first-order valence-electron chi connectivity index (χ1n) is 16.6. The molecule has 0 amide bonds. The molecular formula is C46H46Cl2Hf-2. The average Bonchev–Trinajstić information content (AvgIpc) is 3.76. The molecule has 0 unspecified atom stereocenters. The number of halogens is 2. The van der Waals surface area contributed by atoms with Gasteiger partial charge in [0.15, 0.2) is 0 Å². The number of hydrogen-bond acceptors (Lipinski definition) is 0. The Balaban J connectivity index is 0.000000338. The maximum absolute atomic E-state index is 3.88. The maximum Gasteiger partial charge on any atom is -0.172 e. The normalized spacial score (nSPS) is 11.3. The number of fused-ring (bicyclic) bond motifs is 3. The molecule has 6 aromatic carbocycles. The van der Waals surface area contributed by atoms with Crippen molar-refractivity contribution in [2.45, 2.75) is 65.7 Å². The minimum absolute atomic E-state index is 0. The van der Waals surface area contributed by atoms with Gasteiger partial charge in [-0.1, -0.05) is 131 Å². The van der Waals surface area contributed by atoms with E-state index in [1.165, 1.54) is 88.3 Å². The molecule has 0 aromatic heterocycles. The number of rotatable bonds is 3. The maximum atomic E-state index is 3.88. The van der Waals surface area contributed by atoms with Gasteiger partial charge in [0.25, 0.3) is 0 Å². The van der Waals surface area contributed by atoms with E-state index in [1.54, 1.807) is 0 Å². The molecule has 0 radical (unpaired) electrons. The third kappa shape index (κ3) is 10.2. The third-order valence-corrected chi connectivity index (χ3v) is 9.62. The van der Waals surface area contributed by atoms with E-state index in [0.717, 1.165) is 6.42 Å². The van der Waals surface area contributed by atoms with Crippen LogP contribution in [0.1, 0.15) is 76.3 Å². The summed E-state index contributed by atoms with van der Waals surface area (Å²) in [5.41, 5.74) is 14.9. The van der Waals surface area contributed by atoms with Crippen molar-refractivity contribution in [3.8, 4) is 33.4 Å². The topological polar surface area (TPSA) is 0 Å². The fraction of sp³-hybridized carbons (Fsp3) is 0.217. The van der Waals surface area contributed by atoms with Crippen LogP contribution in [0.25, 0.3) is 33.4 Å². The van der Waals surface area contributed by atoms with Gasteiger partial charge in [0.05, 0.1) is 0 Å². The summed E-state index contributed by atoms with van der Waals surface area (Å²) < 4.78 is 1.51. The van der Waals surface area contributed by atoms with Crippen LogP contribution < -0.4 is 24.8 Å². The minimum Gasteiger partial charge on any atom is -1.00 e. The van der Waals surface area contributed by atoms with Gasteiger partial charge in [-0.15, -0.1) is 28.8 Å². The molecule has 0 saturated carbocycles. The molecule has 0 N–H and O–H groups in total. The van der Waals surface area contributed by atoms with Crippen LogP contribution in [-0.2, 0) is 41.1 Å². The largest absolute Gasteiger partial charge is 1.00 e. The fourth-order valence-corrected chi connectivity index (χ4v) is 6.71. The molecule has 3 heteroatoms. The second-order valence-corrected chi connectivity index (χ2v) is 17.1. The summed E-state index contributed by atoms with van der Waals surface area (Å²) in [5.74, 6) is 0. The number of hydrogen-bond donors (Lipinski definition) is 0. The average molecular weight is 848 g/mol. The fourth-order valence-electron chi connectivity index (χ4n) is 6.11. The molecule has 49 heavy (non-hydrogen) atoms. The predicted molar refractivity (Wildman–Crippen MR) is 200 cm³/mol. The summed E-state index contributed by atoms with van der Waals surface area (Å²) in [6.45, 7) is 16.1. The van der Waals surface area contributed by atoms with Crippen LogP contribution in [0.4, 0.5) is 0 Å². The van der Waals surface area contributed by atoms with E-state index in [-0.39, 0.29) is 35.6 Å². The smallest absolute Gasteiger partial charge is 0.172 e. The molecule has 0 bridgehead atoms. The third-order valence-electron chi connectivity index (χ3n) is 8.59. The van der Waals surface area contributed by atoms with E-state index < -0.39 is 0 Å². The summed E-state index contributed by atoms with van der Waals surface area (Å²) in [6.07, 6.45) is 0.944. The van der Waals surface area contributed by atoms with Gasteiger partial charge in [-0.2, -0.15) is 18.2 Å². The van der Waals surface area contributed by atoms with Gasteiger partial charge in [0, 0.05) is 0 Å². The van der Waals surface area contributed by atoms with Crippen LogP contribution in [0.5, 0.6) is 0 Å². The molecule has 0 fully saturated rings. The Kier molecular flexibility index (Phi) is 14.5. The summed E-state index contributed by atoms with van der Waals surface area (Å²) in [5, 5.41) is 0. The monoisotopic (exact) mass is 848 g/mol. The zero-order valence-electron chi connectivity index (χ0n) is 29.7. The molecule has 0 saturated heterocycles. The zero-order chi connectivity index (χ0) is 33.6. The van der Waals surface area contributed by atoms with Crippen molar-refractivity contribution in [1.29, 1.82) is 0 Å². The van der Waals surface area contributed by atoms with E-state index in [2.05, 4.69) is 158 Å². The predicted octanol–water partition coefficient (Wildman–Crippen LogP) is 6.17. The molecule has 1 aliphatic rings. The van der Waals surface area contributed by atoms with Gasteiger partial charge in [-0.3, -0.25) is 0 Å². The van der Waals surface area contributed by atoms with Crippen molar-refractivity contribution < 1.29 is 48.7 Å². The first-order valence-corrected chi connectivity index (χ1v) is 18.4. The Morgan fingerprint density at radius 2 is 1.08 bits per heavy atom. The molecular weight excluding hydrogens is 802 g/mol. The van der Waals surface area contributed by atoms with Crippen molar-refractivity contribution >= 4 is 3.26 Å². The van der Waals surface area contributed by atoms with Gasteiger partial charge < -0.3 is 24.8 Å². The van der Waals surface area contributed by atoms with Crippen LogP contribution in [-0.4, -0.2) is 3.26 Å². The molecule has 0 aliphatic heterocycles. The molecule has 6 aromatic rings. The van der Waals surface area contributed by atoms with Crippen molar-refractivity contribution in [2.75, 3.05) is 0 Å². The Morgan fingerprint density at radius 3 is 1.53 bits per heavy atom. The van der Waals surface area contributed by atoms with Crippen LogP contribution in [0, 0.1) is 6.07 Å². The molecule has 0 atom stereocenters. The van der Waals surface area contributed by atoms with Crippen molar-refractivity contribution in [3.05, 3.63) is 173 Å². The van der Waals surface area contributed by atoms with E-state index in [4.69, 9.17) is 0 Å². The SMILES string of the molecule is CC(C)(C)c1cc2c([c-]c1-c1ccccc1)Cc1cc(-c3ccccc3)c(C(C)(C)C)cc1-2.C[C](=[Hf+2])c1ccccc1.[Cl-].[Cl-].c1cc[cH-]c1. The minimum atomic E-state index is 0. The van der Waals surface area contributed by atoms with Crippen LogP contribution in [0.3, 0.4) is 0 Å². The van der Waals surface area contributed by atoms with E-state index >= 15 is 0 Å². The first-order chi connectivity index (χ1) is 22.4. The molecule has 0 heterocycles. The zero-order valence-corrected chi connectivity index (χ0v) is 34.8. The molecule has 250 valence electrons. The summed E-state index contributed by atoms with van der Waals surface area (Å²) in [6, 6.07) is 53.3.